The third-order valence-corrected chi connectivity index (χ3v) is 5.22. The summed E-state index contributed by atoms with van der Waals surface area (Å²) in [6.07, 6.45) is 14.4. The fraction of sp³-hybridized carbons (Fsp3) is 0.250. The monoisotopic (exact) mass is 378 g/mol. The molecule has 7 heteroatoms. The quantitative estimate of drug-likeness (QED) is 0.446. The first kappa shape index (κ1) is 17.6. The van der Waals surface area contributed by atoms with Crippen LogP contribution in [0.1, 0.15) is 17.7 Å². The number of hydrogen-bond donors (Lipinski definition) is 0. The maximum atomic E-state index is 4.45. The Labute approximate surface area is 162 Å². The van der Waals surface area contributed by atoms with E-state index in [0.717, 1.165) is 37.7 Å². The lowest BCUT2D eigenvalue weighted by atomic mass is 10.2. The molecule has 0 saturated heterocycles. The lowest BCUT2D eigenvalue weighted by Crippen LogP contribution is -2.26. The van der Waals surface area contributed by atoms with E-state index in [9.17, 15) is 0 Å². The van der Waals surface area contributed by atoms with E-state index < -0.39 is 0 Å². The number of imidazole rings is 1. The Balaban J connectivity index is 1.46. The highest BCUT2D eigenvalue weighted by Gasteiger charge is 2.12. The zero-order valence-corrected chi connectivity index (χ0v) is 15.9. The minimum absolute atomic E-state index is 0.874. The average Bonchev–Trinajstić information content (AvgIpc) is 3.45. The summed E-state index contributed by atoms with van der Waals surface area (Å²) in [7, 11) is 0. The molecule has 27 heavy (non-hydrogen) atoms. The van der Waals surface area contributed by atoms with E-state index in [2.05, 4.69) is 59.4 Å². The van der Waals surface area contributed by atoms with Crippen LogP contribution in [0.3, 0.4) is 0 Å². The second-order valence-electron chi connectivity index (χ2n) is 6.40. The number of hydrogen-bond acceptors (Lipinski definition) is 5. The third kappa shape index (κ3) is 4.69. The van der Waals surface area contributed by atoms with E-state index >= 15 is 0 Å². The van der Waals surface area contributed by atoms with Crippen molar-refractivity contribution in [3.8, 4) is 5.13 Å². The maximum Gasteiger partial charge on any atom is 0.193 e. The minimum atomic E-state index is 0.874. The molecule has 0 spiro atoms. The van der Waals surface area contributed by atoms with Gasteiger partial charge in [0.2, 0.25) is 0 Å². The molecule has 0 unspecified atom stereocenters. The minimum Gasteiger partial charge on any atom is -0.337 e. The Morgan fingerprint density at radius 2 is 1.89 bits per heavy atom. The third-order valence-electron chi connectivity index (χ3n) is 4.45. The van der Waals surface area contributed by atoms with Crippen molar-refractivity contribution in [1.82, 2.24) is 29.0 Å². The first-order valence-electron chi connectivity index (χ1n) is 9.01. The molecule has 6 nitrogen and oxygen atoms in total. The molecule has 4 heterocycles. The Hall–Kier alpha value is -2.77. The molecule has 0 aliphatic rings. The standard InChI is InChI=1S/C20H22N6S/c1-3-19(26(12-1)20-23-9-14-27-20)16-25(15-18-4-6-21-7-5-18)11-2-10-24-13-8-22-17-24/h1,3-9,12-14,17H,2,10-11,15-16H2. The van der Waals surface area contributed by atoms with Crippen molar-refractivity contribution in [2.45, 2.75) is 26.1 Å². The Morgan fingerprint density at radius 3 is 2.67 bits per heavy atom. The predicted molar refractivity (Wildman–Crippen MR) is 107 cm³/mol. The van der Waals surface area contributed by atoms with Crippen LogP contribution in [0.2, 0.25) is 0 Å². The van der Waals surface area contributed by atoms with E-state index in [1.54, 1.807) is 11.3 Å². The number of aryl methyl sites for hydroxylation is 1. The van der Waals surface area contributed by atoms with E-state index in [0.29, 0.717) is 0 Å². The van der Waals surface area contributed by atoms with Crippen molar-refractivity contribution in [2.75, 3.05) is 6.54 Å². The Bertz CT molecular complexity index is 915. The zero-order chi connectivity index (χ0) is 18.3. The largest absolute Gasteiger partial charge is 0.337 e. The summed E-state index contributed by atoms with van der Waals surface area (Å²) in [5, 5.41) is 3.02. The van der Waals surface area contributed by atoms with Crippen LogP contribution in [0.5, 0.6) is 0 Å². The maximum absolute atomic E-state index is 4.45. The molecule has 0 amide bonds. The molecule has 0 saturated carbocycles. The highest BCUT2D eigenvalue weighted by atomic mass is 32.1. The van der Waals surface area contributed by atoms with Crippen LogP contribution in [0.4, 0.5) is 0 Å². The predicted octanol–water partition coefficient (Wildman–Crippen LogP) is 3.62. The van der Waals surface area contributed by atoms with Gasteiger partial charge in [0.05, 0.1) is 6.33 Å². The van der Waals surface area contributed by atoms with Crippen molar-refractivity contribution in [3.63, 3.8) is 0 Å². The molecule has 0 atom stereocenters. The lowest BCUT2D eigenvalue weighted by Gasteiger charge is -2.23. The molecule has 0 fully saturated rings. The first-order valence-corrected chi connectivity index (χ1v) is 9.89. The van der Waals surface area contributed by atoms with E-state index in [-0.39, 0.29) is 0 Å². The Morgan fingerprint density at radius 1 is 0.963 bits per heavy atom. The number of thiazole rings is 1. The fourth-order valence-corrected chi connectivity index (χ4v) is 3.81. The number of pyridine rings is 1. The molecule has 4 aromatic heterocycles. The van der Waals surface area contributed by atoms with Gasteiger partial charge in [-0.3, -0.25) is 14.5 Å². The molecule has 0 aliphatic heterocycles. The van der Waals surface area contributed by atoms with E-state index in [1.165, 1.54) is 11.3 Å². The summed E-state index contributed by atoms with van der Waals surface area (Å²) in [4.78, 5) is 15.2. The van der Waals surface area contributed by atoms with Gasteiger partial charge in [-0.1, -0.05) is 0 Å². The number of aromatic nitrogens is 5. The normalized spacial score (nSPS) is 11.3. The van der Waals surface area contributed by atoms with Crippen molar-refractivity contribution in [1.29, 1.82) is 0 Å². The van der Waals surface area contributed by atoms with Crippen LogP contribution >= 0.6 is 11.3 Å². The second kappa shape index (κ2) is 8.75. The highest BCUT2D eigenvalue weighted by molar-refractivity contribution is 7.12. The van der Waals surface area contributed by atoms with Crippen molar-refractivity contribution < 1.29 is 0 Å². The molecule has 4 rings (SSSR count). The summed E-state index contributed by atoms with van der Waals surface area (Å²) < 4.78 is 4.31. The van der Waals surface area contributed by atoms with Crippen molar-refractivity contribution >= 4 is 11.3 Å². The van der Waals surface area contributed by atoms with E-state index in [4.69, 9.17) is 0 Å². The van der Waals surface area contributed by atoms with Crippen LogP contribution in [0.15, 0.2) is 73.2 Å². The van der Waals surface area contributed by atoms with Crippen LogP contribution in [-0.4, -0.2) is 35.5 Å². The first-order chi connectivity index (χ1) is 13.4. The van der Waals surface area contributed by atoms with Crippen LogP contribution < -0.4 is 0 Å². The van der Waals surface area contributed by atoms with Gasteiger partial charge in [0.15, 0.2) is 5.13 Å². The van der Waals surface area contributed by atoms with E-state index in [1.807, 2.05) is 42.7 Å². The molecule has 0 radical (unpaired) electrons. The molecule has 0 aromatic carbocycles. The summed E-state index contributed by atoms with van der Waals surface area (Å²) in [6.45, 7) is 3.75. The molecular weight excluding hydrogens is 356 g/mol. The lowest BCUT2D eigenvalue weighted by molar-refractivity contribution is 0.244. The highest BCUT2D eigenvalue weighted by Crippen LogP contribution is 2.18. The zero-order valence-electron chi connectivity index (χ0n) is 15.1. The number of nitrogens with zero attached hydrogens (tertiary/aromatic N) is 6. The fourth-order valence-electron chi connectivity index (χ4n) is 3.15. The molecule has 0 aliphatic carbocycles. The average molecular weight is 379 g/mol. The van der Waals surface area contributed by atoms with Gasteiger partial charge in [-0.2, -0.15) is 0 Å². The molecular formula is C20H22N6S. The molecule has 0 N–H and O–H groups in total. The summed E-state index contributed by atoms with van der Waals surface area (Å²) in [5.41, 5.74) is 2.53. The molecule has 0 bridgehead atoms. The van der Waals surface area contributed by atoms with Crippen molar-refractivity contribution in [3.05, 3.63) is 84.4 Å². The SMILES string of the molecule is c1cc(CN(CCCn2ccnc2)Cc2ccncc2)n(-c2nccs2)c1. The topological polar surface area (TPSA) is 51.8 Å². The Kier molecular flexibility index (Phi) is 5.71. The van der Waals surface area contributed by atoms with Gasteiger partial charge < -0.3 is 4.57 Å². The van der Waals surface area contributed by atoms with Crippen LogP contribution in [0.25, 0.3) is 5.13 Å². The second-order valence-corrected chi connectivity index (χ2v) is 7.28. The van der Waals surface area contributed by atoms with Gasteiger partial charge in [0.1, 0.15) is 0 Å². The summed E-state index contributed by atoms with van der Waals surface area (Å²) in [5.74, 6) is 0. The van der Waals surface area contributed by atoms with Gasteiger partial charge in [0, 0.05) is 74.4 Å². The van der Waals surface area contributed by atoms with Gasteiger partial charge in [0.25, 0.3) is 0 Å². The van der Waals surface area contributed by atoms with Gasteiger partial charge in [-0.25, -0.2) is 9.97 Å². The van der Waals surface area contributed by atoms with Crippen molar-refractivity contribution in [2.24, 2.45) is 0 Å². The summed E-state index contributed by atoms with van der Waals surface area (Å²) in [6, 6.07) is 8.44. The molecule has 138 valence electrons. The van der Waals surface area contributed by atoms with Gasteiger partial charge in [-0.05, 0) is 36.2 Å². The summed E-state index contributed by atoms with van der Waals surface area (Å²) >= 11 is 1.66. The van der Waals surface area contributed by atoms with Gasteiger partial charge >= 0.3 is 0 Å². The number of rotatable bonds is 9. The smallest absolute Gasteiger partial charge is 0.193 e. The van der Waals surface area contributed by atoms with Gasteiger partial charge in [-0.15, -0.1) is 11.3 Å². The molecule has 4 aromatic rings. The van der Waals surface area contributed by atoms with Crippen LogP contribution in [0, 0.1) is 0 Å². The van der Waals surface area contributed by atoms with Crippen LogP contribution in [-0.2, 0) is 19.6 Å².